The molecule has 2 nitrogen and oxygen atoms in total. The number of benzene rings is 2. The van der Waals surface area contributed by atoms with E-state index in [1.165, 1.54) is 0 Å². The van der Waals surface area contributed by atoms with Crippen LogP contribution >= 0.6 is 0 Å². The van der Waals surface area contributed by atoms with Crippen molar-refractivity contribution in [2.24, 2.45) is 0 Å². The van der Waals surface area contributed by atoms with Crippen LogP contribution in [0.4, 0.5) is 26.3 Å². The van der Waals surface area contributed by atoms with Crippen LogP contribution in [-0.2, 0) is 12.4 Å². The first kappa shape index (κ1) is 17.1. The minimum Gasteiger partial charge on any atom is -0.354 e. The molecule has 0 bridgehead atoms. The molecular formula is C17H9F6NO. The summed E-state index contributed by atoms with van der Waals surface area (Å²) < 4.78 is 76.2. The molecular weight excluding hydrogens is 348 g/mol. The summed E-state index contributed by atoms with van der Waals surface area (Å²) >= 11 is 0. The molecule has 8 heteroatoms. The lowest BCUT2D eigenvalue weighted by atomic mass is 10.1. The molecule has 0 aliphatic heterocycles. The second kappa shape index (κ2) is 5.65. The van der Waals surface area contributed by atoms with Crippen LogP contribution in [0.15, 0.2) is 53.3 Å². The molecule has 0 atom stereocenters. The molecule has 0 aliphatic rings. The molecule has 1 N–H and O–H groups in total. The third-order valence-electron chi connectivity index (χ3n) is 3.68. The normalized spacial score (nSPS) is 12.6. The van der Waals surface area contributed by atoms with Gasteiger partial charge in [-0.05, 0) is 35.9 Å². The van der Waals surface area contributed by atoms with Gasteiger partial charge in [-0.3, -0.25) is 4.79 Å². The number of rotatable bonds is 1. The van der Waals surface area contributed by atoms with E-state index in [1.807, 2.05) is 0 Å². The molecule has 2 aromatic carbocycles. The van der Waals surface area contributed by atoms with Crippen LogP contribution in [0.3, 0.4) is 0 Å². The lowest BCUT2D eigenvalue weighted by molar-refractivity contribution is -0.138. The smallest absolute Gasteiger partial charge is 0.354 e. The second-order valence-electron chi connectivity index (χ2n) is 5.38. The van der Waals surface area contributed by atoms with Gasteiger partial charge in [0.1, 0.15) is 0 Å². The summed E-state index contributed by atoms with van der Waals surface area (Å²) in [7, 11) is 0. The Hall–Kier alpha value is -2.77. The van der Waals surface area contributed by atoms with Crippen molar-refractivity contribution in [3.63, 3.8) is 0 Å². The highest BCUT2D eigenvalue weighted by Gasteiger charge is 2.31. The molecule has 0 spiro atoms. The molecule has 25 heavy (non-hydrogen) atoms. The predicted molar refractivity (Wildman–Crippen MR) is 80.0 cm³/mol. The van der Waals surface area contributed by atoms with Gasteiger partial charge < -0.3 is 4.98 Å². The van der Waals surface area contributed by atoms with Crippen LogP contribution in [0.1, 0.15) is 11.1 Å². The molecule has 1 aromatic heterocycles. The van der Waals surface area contributed by atoms with E-state index in [0.717, 1.165) is 48.5 Å². The zero-order chi connectivity index (χ0) is 18.4. The zero-order valence-electron chi connectivity index (χ0n) is 12.3. The highest BCUT2D eigenvalue weighted by molar-refractivity contribution is 5.82. The lowest BCUT2D eigenvalue weighted by Gasteiger charge is -2.10. The van der Waals surface area contributed by atoms with Gasteiger partial charge in [-0.25, -0.2) is 0 Å². The van der Waals surface area contributed by atoms with E-state index in [2.05, 4.69) is 4.98 Å². The lowest BCUT2D eigenvalue weighted by Crippen LogP contribution is -2.08. The fourth-order valence-corrected chi connectivity index (χ4v) is 2.42. The van der Waals surface area contributed by atoms with Gasteiger partial charge in [-0.15, -0.1) is 0 Å². The monoisotopic (exact) mass is 357 g/mol. The molecule has 0 saturated carbocycles. The zero-order valence-corrected chi connectivity index (χ0v) is 12.3. The summed E-state index contributed by atoms with van der Waals surface area (Å²) in [5.74, 6) is 0. The Balaban J connectivity index is 2.12. The second-order valence-corrected chi connectivity index (χ2v) is 5.38. The van der Waals surface area contributed by atoms with Gasteiger partial charge in [-0.2, -0.15) is 26.3 Å². The molecule has 3 rings (SSSR count). The van der Waals surface area contributed by atoms with Crippen molar-refractivity contribution in [2.75, 3.05) is 0 Å². The van der Waals surface area contributed by atoms with Crippen molar-refractivity contribution in [2.45, 2.75) is 12.4 Å². The largest absolute Gasteiger partial charge is 0.416 e. The Kier molecular flexibility index (Phi) is 3.85. The molecule has 0 radical (unpaired) electrons. The summed E-state index contributed by atoms with van der Waals surface area (Å²) in [4.78, 5) is 14.8. The highest BCUT2D eigenvalue weighted by atomic mass is 19.4. The number of halogens is 6. The molecule has 3 aromatic rings. The van der Waals surface area contributed by atoms with Gasteiger partial charge in [0.25, 0.3) is 0 Å². The van der Waals surface area contributed by atoms with Crippen LogP contribution in [0, 0.1) is 0 Å². The number of hydrogen-bond donors (Lipinski definition) is 1. The van der Waals surface area contributed by atoms with E-state index in [1.54, 1.807) is 0 Å². The summed E-state index contributed by atoms with van der Waals surface area (Å²) in [6.07, 6.45) is -9.08. The number of aromatic amines is 1. The Morgan fingerprint density at radius 1 is 0.720 bits per heavy atom. The first-order valence-electron chi connectivity index (χ1n) is 6.97. The van der Waals surface area contributed by atoms with Crippen molar-refractivity contribution in [3.8, 4) is 11.3 Å². The summed E-state index contributed by atoms with van der Waals surface area (Å²) in [6, 6.07) is 7.76. The molecule has 1 heterocycles. The standard InChI is InChI=1S/C17H9F6NO/c18-16(19,20)10-3-1-9(2-4-10)13-8-15(25)12-6-5-11(17(21,22)23)7-14(12)24-13/h1-8H,(H,24,25). The maximum absolute atomic E-state index is 12.8. The Labute approximate surface area is 136 Å². The SMILES string of the molecule is O=c1cc(-c2ccc(C(F)(F)F)cc2)[nH]c2cc(C(F)(F)F)ccc12. The van der Waals surface area contributed by atoms with Crippen molar-refractivity contribution in [3.05, 3.63) is 69.9 Å². The number of pyridine rings is 1. The number of H-pyrrole nitrogens is 1. The van der Waals surface area contributed by atoms with E-state index in [0.29, 0.717) is 0 Å². The maximum atomic E-state index is 12.8. The quantitative estimate of drug-likeness (QED) is 0.594. The Bertz CT molecular complexity index is 983. The summed E-state index contributed by atoms with van der Waals surface area (Å²) in [5.41, 5.74) is -1.98. The van der Waals surface area contributed by atoms with Crippen LogP contribution < -0.4 is 5.43 Å². The van der Waals surface area contributed by atoms with Gasteiger partial charge in [-0.1, -0.05) is 12.1 Å². The van der Waals surface area contributed by atoms with Crippen LogP contribution in [0.2, 0.25) is 0 Å². The minimum atomic E-state index is -4.57. The summed E-state index contributed by atoms with van der Waals surface area (Å²) in [6.45, 7) is 0. The number of alkyl halides is 6. The van der Waals surface area contributed by atoms with Gasteiger partial charge >= 0.3 is 12.4 Å². The number of nitrogens with one attached hydrogen (secondary N) is 1. The minimum absolute atomic E-state index is 0.0442. The molecule has 0 fully saturated rings. The topological polar surface area (TPSA) is 32.9 Å². The Morgan fingerprint density at radius 2 is 1.28 bits per heavy atom. The third kappa shape index (κ3) is 3.38. The molecule has 130 valence electrons. The highest BCUT2D eigenvalue weighted by Crippen LogP contribution is 2.32. The maximum Gasteiger partial charge on any atom is 0.416 e. The van der Waals surface area contributed by atoms with E-state index >= 15 is 0 Å². The number of hydrogen-bond acceptors (Lipinski definition) is 1. The van der Waals surface area contributed by atoms with Crippen molar-refractivity contribution >= 4 is 10.9 Å². The van der Waals surface area contributed by atoms with E-state index in [4.69, 9.17) is 0 Å². The van der Waals surface area contributed by atoms with Crippen LogP contribution in [0.5, 0.6) is 0 Å². The average molecular weight is 357 g/mol. The first-order valence-corrected chi connectivity index (χ1v) is 6.97. The van der Waals surface area contributed by atoms with Crippen molar-refractivity contribution in [1.82, 2.24) is 4.98 Å². The van der Waals surface area contributed by atoms with Crippen LogP contribution in [-0.4, -0.2) is 4.98 Å². The van der Waals surface area contributed by atoms with E-state index < -0.39 is 28.9 Å². The molecule has 0 unspecified atom stereocenters. The van der Waals surface area contributed by atoms with Crippen molar-refractivity contribution in [1.29, 1.82) is 0 Å². The first-order chi connectivity index (χ1) is 11.6. The van der Waals surface area contributed by atoms with Gasteiger partial charge in [0.05, 0.1) is 16.6 Å². The Morgan fingerprint density at radius 3 is 1.84 bits per heavy atom. The fourth-order valence-electron chi connectivity index (χ4n) is 2.42. The third-order valence-corrected chi connectivity index (χ3v) is 3.68. The predicted octanol–water partition coefficient (Wildman–Crippen LogP) is 5.23. The van der Waals surface area contributed by atoms with Crippen molar-refractivity contribution < 1.29 is 26.3 Å². The average Bonchev–Trinajstić information content (AvgIpc) is 2.52. The van der Waals surface area contributed by atoms with E-state index in [9.17, 15) is 31.1 Å². The van der Waals surface area contributed by atoms with Gasteiger partial charge in [0.2, 0.25) is 0 Å². The van der Waals surface area contributed by atoms with E-state index in [-0.39, 0.29) is 22.2 Å². The molecule has 0 aliphatic carbocycles. The fraction of sp³-hybridized carbons (Fsp3) is 0.118. The van der Waals surface area contributed by atoms with Gasteiger partial charge in [0.15, 0.2) is 5.43 Å². The molecule has 0 amide bonds. The number of aromatic nitrogens is 1. The molecule has 0 saturated heterocycles. The van der Waals surface area contributed by atoms with Gasteiger partial charge in [0, 0.05) is 17.1 Å². The summed E-state index contributed by atoms with van der Waals surface area (Å²) in [5, 5.41) is 0.0589. The van der Waals surface area contributed by atoms with Crippen LogP contribution in [0.25, 0.3) is 22.2 Å². The number of fused-ring (bicyclic) bond motifs is 1.